The SMILES string of the molecule is CCn1nccc1C(=O)N[C@H](C(=O)Nc1ccc([C@H](C)C(NC(=O)C(C)(F)CC)C(=O)N2CCN(C)[C@@H](C)C2)cc1F)C1CCC(C)CC1. The number of carbonyl (C=O) groups excluding carboxylic acids is 4. The summed E-state index contributed by atoms with van der Waals surface area (Å²) < 4.78 is 32.4. The summed E-state index contributed by atoms with van der Waals surface area (Å²) in [4.78, 5) is 57.6. The van der Waals surface area contributed by atoms with Crippen molar-refractivity contribution in [2.45, 2.75) is 110 Å². The van der Waals surface area contributed by atoms with Crippen LogP contribution in [-0.2, 0) is 20.9 Å². The van der Waals surface area contributed by atoms with E-state index in [4.69, 9.17) is 0 Å². The monoisotopic (exact) mass is 685 g/mol. The lowest BCUT2D eigenvalue weighted by Gasteiger charge is -2.40. The first-order valence-electron chi connectivity index (χ1n) is 17.6. The Morgan fingerprint density at radius 3 is 2.35 bits per heavy atom. The van der Waals surface area contributed by atoms with Gasteiger partial charge in [-0.15, -0.1) is 0 Å². The van der Waals surface area contributed by atoms with Crippen LogP contribution >= 0.6 is 0 Å². The molecule has 0 spiro atoms. The molecule has 2 aliphatic rings. The van der Waals surface area contributed by atoms with Crippen LogP contribution in [-0.4, -0.2) is 93.7 Å². The molecule has 5 atom stereocenters. The molecule has 2 heterocycles. The maximum atomic E-state index is 15.8. The van der Waals surface area contributed by atoms with Crippen LogP contribution < -0.4 is 16.0 Å². The third kappa shape index (κ3) is 9.03. The largest absolute Gasteiger partial charge is 0.341 e. The van der Waals surface area contributed by atoms with Gasteiger partial charge in [-0.3, -0.25) is 23.9 Å². The third-order valence-electron chi connectivity index (χ3n) is 10.6. The van der Waals surface area contributed by atoms with Crippen molar-refractivity contribution in [1.82, 2.24) is 30.2 Å². The number of amides is 4. The molecule has 11 nitrogen and oxygen atoms in total. The molecule has 4 rings (SSSR count). The zero-order valence-corrected chi connectivity index (χ0v) is 29.9. The number of carbonyl (C=O) groups is 4. The molecule has 3 N–H and O–H groups in total. The van der Waals surface area contributed by atoms with Gasteiger partial charge in [0.25, 0.3) is 11.8 Å². The quantitative estimate of drug-likeness (QED) is 0.302. The number of benzene rings is 1. The number of anilines is 1. The number of likely N-dealkylation sites (N-methyl/N-ethyl adjacent to an activating group) is 1. The summed E-state index contributed by atoms with van der Waals surface area (Å²) in [7, 11) is 1.97. The average molecular weight is 686 g/mol. The van der Waals surface area contributed by atoms with E-state index in [1.165, 1.54) is 25.3 Å². The van der Waals surface area contributed by atoms with Crippen LogP contribution in [0.2, 0.25) is 0 Å². The Balaban J connectivity index is 1.56. The van der Waals surface area contributed by atoms with Crippen molar-refractivity contribution in [2.24, 2.45) is 11.8 Å². The maximum absolute atomic E-state index is 15.8. The summed E-state index contributed by atoms with van der Waals surface area (Å²) in [6, 6.07) is 3.88. The highest BCUT2D eigenvalue weighted by atomic mass is 19.1. The molecule has 1 saturated carbocycles. The van der Waals surface area contributed by atoms with Crippen molar-refractivity contribution in [3.63, 3.8) is 0 Å². The minimum absolute atomic E-state index is 0.0771. The number of hydrogen-bond acceptors (Lipinski definition) is 6. The lowest BCUT2D eigenvalue weighted by Crippen LogP contribution is -2.59. The maximum Gasteiger partial charge on any atom is 0.270 e. The van der Waals surface area contributed by atoms with E-state index >= 15 is 8.78 Å². The standard InChI is InChI=1S/C36H53F2N7O4/c1-8-36(6,38)35(49)42-30(34(48)44-19-18-43(7)23(4)21-44)24(5)26-14-15-28(27(37)20-26)40-33(47)31(25-12-10-22(3)11-13-25)41-32(46)29-16-17-39-45(29)9-2/h14-17,20,22-25,30-31H,8-13,18-19,21H2,1-7H3,(H,40,47)(H,41,46)(H,42,49)/t22?,23-,24-,25?,30?,31-,36?/m0/s1. The summed E-state index contributed by atoms with van der Waals surface area (Å²) in [6.07, 6.45) is 4.78. The first-order valence-corrected chi connectivity index (χ1v) is 17.6. The average Bonchev–Trinajstić information content (AvgIpc) is 3.57. The van der Waals surface area contributed by atoms with Crippen molar-refractivity contribution < 1.29 is 28.0 Å². The number of aromatic nitrogens is 2. The highest BCUT2D eigenvalue weighted by Gasteiger charge is 2.39. The van der Waals surface area contributed by atoms with E-state index < -0.39 is 47.2 Å². The number of aryl methyl sites for hydroxylation is 1. The highest BCUT2D eigenvalue weighted by molar-refractivity contribution is 6.00. The van der Waals surface area contributed by atoms with Crippen LogP contribution in [0.3, 0.4) is 0 Å². The Morgan fingerprint density at radius 2 is 1.73 bits per heavy atom. The molecule has 1 aromatic heterocycles. The van der Waals surface area contributed by atoms with Gasteiger partial charge in [-0.25, -0.2) is 8.78 Å². The van der Waals surface area contributed by atoms with Crippen molar-refractivity contribution in [3.05, 3.63) is 47.5 Å². The molecule has 0 bridgehead atoms. The second-order valence-electron chi connectivity index (χ2n) is 14.1. The van der Waals surface area contributed by atoms with Crippen LogP contribution in [0, 0.1) is 17.7 Å². The van der Waals surface area contributed by atoms with Crippen LogP contribution in [0.1, 0.15) is 95.6 Å². The smallest absolute Gasteiger partial charge is 0.270 e. The fraction of sp³-hybridized carbons (Fsp3) is 0.639. The lowest BCUT2D eigenvalue weighted by molar-refractivity contribution is -0.142. The van der Waals surface area contributed by atoms with E-state index in [2.05, 4.69) is 32.9 Å². The van der Waals surface area contributed by atoms with Crippen molar-refractivity contribution in [3.8, 4) is 0 Å². The Labute approximate surface area is 288 Å². The van der Waals surface area contributed by atoms with Crippen molar-refractivity contribution in [1.29, 1.82) is 0 Å². The number of piperazine rings is 1. The summed E-state index contributed by atoms with van der Waals surface area (Å²) >= 11 is 0. The Kier molecular flexibility index (Phi) is 12.6. The van der Waals surface area contributed by atoms with Gasteiger partial charge < -0.3 is 25.8 Å². The first-order chi connectivity index (χ1) is 23.2. The zero-order valence-electron chi connectivity index (χ0n) is 29.9. The molecule has 2 aromatic rings. The van der Waals surface area contributed by atoms with Crippen LogP contribution in [0.25, 0.3) is 0 Å². The minimum Gasteiger partial charge on any atom is -0.341 e. The van der Waals surface area contributed by atoms with Crippen LogP contribution in [0.5, 0.6) is 0 Å². The summed E-state index contributed by atoms with van der Waals surface area (Å²) in [5.41, 5.74) is -1.54. The molecule has 1 aliphatic carbocycles. The molecule has 1 aliphatic heterocycles. The number of nitrogens with one attached hydrogen (secondary N) is 3. The molecule has 4 amide bonds. The molecule has 1 aromatic carbocycles. The van der Waals surface area contributed by atoms with Gasteiger partial charge in [0, 0.05) is 44.3 Å². The summed E-state index contributed by atoms with van der Waals surface area (Å²) in [5, 5.41) is 12.4. The molecule has 13 heteroatoms. The first kappa shape index (κ1) is 37.9. The Bertz CT molecular complexity index is 1490. The molecular formula is C36H53F2N7O4. The summed E-state index contributed by atoms with van der Waals surface area (Å²) in [5.74, 6) is -3.29. The summed E-state index contributed by atoms with van der Waals surface area (Å²) in [6.45, 7) is 12.4. The molecule has 2 fully saturated rings. The van der Waals surface area contributed by atoms with Crippen LogP contribution in [0.15, 0.2) is 30.5 Å². The normalized spacial score (nSPS) is 23.1. The highest BCUT2D eigenvalue weighted by Crippen LogP contribution is 2.32. The van der Waals surface area contributed by atoms with E-state index in [1.54, 1.807) is 35.6 Å². The van der Waals surface area contributed by atoms with Gasteiger partial charge in [0.1, 0.15) is 23.6 Å². The topological polar surface area (TPSA) is 129 Å². The van der Waals surface area contributed by atoms with E-state index in [-0.39, 0.29) is 30.0 Å². The van der Waals surface area contributed by atoms with Gasteiger partial charge in [0.05, 0.1) is 5.69 Å². The molecule has 270 valence electrons. The fourth-order valence-electron chi connectivity index (χ4n) is 6.63. The third-order valence-corrected chi connectivity index (χ3v) is 10.6. The molecular weight excluding hydrogens is 632 g/mol. The van der Waals surface area contributed by atoms with Gasteiger partial charge >= 0.3 is 0 Å². The van der Waals surface area contributed by atoms with E-state index in [0.717, 1.165) is 25.7 Å². The predicted octanol–water partition coefficient (Wildman–Crippen LogP) is 4.49. The van der Waals surface area contributed by atoms with Gasteiger partial charge in [-0.05, 0) is 82.7 Å². The fourth-order valence-corrected chi connectivity index (χ4v) is 6.63. The number of nitrogens with zero attached hydrogens (tertiary/aromatic N) is 4. The van der Waals surface area contributed by atoms with Gasteiger partial charge in [-0.2, -0.15) is 5.10 Å². The number of hydrogen-bond donors (Lipinski definition) is 3. The van der Waals surface area contributed by atoms with E-state index in [1.807, 2.05) is 20.9 Å². The lowest BCUT2D eigenvalue weighted by atomic mass is 9.79. The molecule has 1 saturated heterocycles. The van der Waals surface area contributed by atoms with E-state index in [0.29, 0.717) is 43.4 Å². The second kappa shape index (κ2) is 16.2. The Morgan fingerprint density at radius 1 is 1.04 bits per heavy atom. The molecule has 0 radical (unpaired) electrons. The minimum atomic E-state index is -2.19. The molecule has 2 unspecified atom stereocenters. The number of alkyl halides is 1. The van der Waals surface area contributed by atoms with Crippen molar-refractivity contribution >= 4 is 29.3 Å². The molecule has 49 heavy (non-hydrogen) atoms. The Hall–Kier alpha value is -3.87. The van der Waals surface area contributed by atoms with Crippen molar-refractivity contribution in [2.75, 3.05) is 32.0 Å². The predicted molar refractivity (Wildman–Crippen MR) is 184 cm³/mol. The zero-order chi connectivity index (χ0) is 36.0. The van der Waals surface area contributed by atoms with Gasteiger partial charge in [-0.1, -0.05) is 39.7 Å². The number of halogens is 2. The second-order valence-corrected chi connectivity index (χ2v) is 14.1. The van der Waals surface area contributed by atoms with Crippen LogP contribution in [0.4, 0.5) is 14.5 Å². The van der Waals surface area contributed by atoms with E-state index in [9.17, 15) is 19.2 Å². The van der Waals surface area contributed by atoms with Gasteiger partial charge in [0.15, 0.2) is 5.67 Å². The number of rotatable bonds is 12. The van der Waals surface area contributed by atoms with Gasteiger partial charge in [0.2, 0.25) is 11.8 Å².